The molecule has 0 N–H and O–H groups in total. The van der Waals surface area contributed by atoms with Crippen LogP contribution in [0, 0.1) is 25.7 Å². The van der Waals surface area contributed by atoms with Crippen molar-refractivity contribution in [1.29, 1.82) is 0 Å². The highest BCUT2D eigenvalue weighted by Crippen LogP contribution is 2.51. The second-order valence-corrected chi connectivity index (χ2v) is 18.9. The molecular weight excluding hydrogens is 717 g/mol. The molecule has 2 amide bonds. The molecule has 6 rings (SSSR count). The number of rotatable bonds is 20. The van der Waals surface area contributed by atoms with Crippen molar-refractivity contribution in [3.8, 4) is 19.5 Å². The third-order valence-corrected chi connectivity index (χ3v) is 15.2. The van der Waals surface area contributed by atoms with Gasteiger partial charge < -0.3 is 9.80 Å². The lowest BCUT2D eigenvalue weighted by molar-refractivity contribution is -0.124. The SMILES string of the molecule is CCCCC(CCCC)CN1C(=O)C2=C(c3ccc(-c4cc(C)cs4)s3)N(CC(CCCC)CCCC)C(=O)C2=C1c1ccc(-c2cc(C)cs2)s1. The van der Waals surface area contributed by atoms with Crippen LogP contribution in [0.3, 0.4) is 0 Å². The second kappa shape index (κ2) is 18.0. The van der Waals surface area contributed by atoms with Gasteiger partial charge in [0.1, 0.15) is 0 Å². The van der Waals surface area contributed by atoms with Gasteiger partial charge in [0.2, 0.25) is 0 Å². The van der Waals surface area contributed by atoms with Crippen LogP contribution in [0.2, 0.25) is 0 Å². The average molecular weight is 773 g/mol. The first-order valence-electron chi connectivity index (χ1n) is 19.7. The van der Waals surface area contributed by atoms with E-state index in [1.165, 1.54) is 30.6 Å². The summed E-state index contributed by atoms with van der Waals surface area (Å²) in [5, 5.41) is 4.39. The fourth-order valence-electron chi connectivity index (χ4n) is 7.71. The van der Waals surface area contributed by atoms with Gasteiger partial charge in [0.25, 0.3) is 11.8 Å². The number of hydrogen-bond donors (Lipinski definition) is 0. The lowest BCUT2D eigenvalue weighted by atomic mass is 9.95. The molecule has 0 saturated heterocycles. The first kappa shape index (κ1) is 38.9. The molecule has 0 aliphatic carbocycles. The van der Waals surface area contributed by atoms with Gasteiger partial charge in [-0.2, -0.15) is 0 Å². The summed E-state index contributed by atoms with van der Waals surface area (Å²) in [5.74, 6) is 0.819. The van der Waals surface area contributed by atoms with Crippen LogP contribution in [0.25, 0.3) is 30.9 Å². The largest absolute Gasteiger partial charge is 0.306 e. The maximum absolute atomic E-state index is 15.2. The van der Waals surface area contributed by atoms with Crippen molar-refractivity contribution < 1.29 is 9.59 Å². The molecule has 0 bridgehead atoms. The molecule has 4 nitrogen and oxygen atoms in total. The highest BCUT2D eigenvalue weighted by Gasteiger charge is 2.50. The minimum atomic E-state index is 0.0105. The monoisotopic (exact) mass is 772 g/mol. The van der Waals surface area contributed by atoms with Crippen LogP contribution in [0.4, 0.5) is 0 Å². The molecule has 4 aromatic rings. The summed E-state index contributed by atoms with van der Waals surface area (Å²) in [5.41, 5.74) is 5.47. The van der Waals surface area contributed by atoms with Gasteiger partial charge in [-0.05, 0) is 110 Å². The summed E-state index contributed by atoms with van der Waals surface area (Å²) >= 11 is 6.97. The predicted octanol–water partition coefficient (Wildman–Crippen LogP) is 13.7. The van der Waals surface area contributed by atoms with Crippen molar-refractivity contribution in [2.45, 2.75) is 119 Å². The van der Waals surface area contributed by atoms with Crippen LogP contribution in [-0.2, 0) is 9.59 Å². The van der Waals surface area contributed by atoms with Gasteiger partial charge in [0.05, 0.1) is 32.3 Å². The fourth-order valence-corrected chi connectivity index (χ4v) is 11.8. The van der Waals surface area contributed by atoms with Gasteiger partial charge in [-0.15, -0.1) is 45.3 Å². The van der Waals surface area contributed by atoms with Gasteiger partial charge in [0, 0.05) is 32.6 Å². The topological polar surface area (TPSA) is 40.6 Å². The number of unbranched alkanes of at least 4 members (excludes halogenated alkanes) is 4. The highest BCUT2D eigenvalue weighted by molar-refractivity contribution is 7.22. The number of carbonyl (C=O) groups excluding carboxylic acids is 2. The lowest BCUT2D eigenvalue weighted by Crippen LogP contribution is -2.34. The van der Waals surface area contributed by atoms with Crippen LogP contribution in [-0.4, -0.2) is 34.7 Å². The van der Waals surface area contributed by atoms with Crippen LogP contribution in [0.15, 0.2) is 58.3 Å². The van der Waals surface area contributed by atoms with Crippen molar-refractivity contribution in [1.82, 2.24) is 9.80 Å². The Morgan fingerprint density at radius 2 is 0.865 bits per heavy atom. The Hall–Kier alpha value is -2.78. The summed E-state index contributed by atoms with van der Waals surface area (Å²) in [6, 6.07) is 13.2. The average Bonchev–Trinajstić information content (AvgIpc) is 4.00. The van der Waals surface area contributed by atoms with Crippen molar-refractivity contribution in [2.24, 2.45) is 11.8 Å². The number of nitrogens with zero attached hydrogens (tertiary/aromatic N) is 2. The summed E-state index contributed by atoms with van der Waals surface area (Å²) < 4.78 is 0. The quantitative estimate of drug-likeness (QED) is 0.0897. The third kappa shape index (κ3) is 8.46. The number of thiophene rings is 4. The van der Waals surface area contributed by atoms with Crippen molar-refractivity contribution in [2.75, 3.05) is 13.1 Å². The summed E-state index contributed by atoms with van der Waals surface area (Å²) in [4.78, 5) is 41.3. The molecule has 0 spiro atoms. The highest BCUT2D eigenvalue weighted by atomic mass is 32.1. The van der Waals surface area contributed by atoms with Gasteiger partial charge in [0.15, 0.2) is 0 Å². The van der Waals surface area contributed by atoms with Crippen LogP contribution >= 0.6 is 45.3 Å². The van der Waals surface area contributed by atoms with Crippen LogP contribution in [0.1, 0.15) is 126 Å². The van der Waals surface area contributed by atoms with E-state index in [1.807, 2.05) is 9.80 Å². The first-order chi connectivity index (χ1) is 25.3. The molecule has 8 heteroatoms. The summed E-state index contributed by atoms with van der Waals surface area (Å²) in [7, 11) is 0. The third-order valence-electron chi connectivity index (χ3n) is 10.6. The standard InChI is InChI=1S/C44H56N2O2S4/c1-7-11-15-31(16-12-8-2)25-45-41(35-21-19-33(51-35)37-23-29(5)27-49-37)39-40(43(45)47)42(36-22-20-34(52-36)38-24-30(6)28-50-38)46(44(39)48)26-32(17-13-9-3)18-14-10-4/h19-24,27-28,31-32H,7-18,25-26H2,1-6H3. The molecule has 2 aliphatic heterocycles. The number of carbonyl (C=O) groups is 2. The normalized spacial score (nSPS) is 14.8. The smallest absolute Gasteiger partial charge is 0.261 e. The maximum Gasteiger partial charge on any atom is 0.261 e. The molecule has 0 radical (unpaired) electrons. The minimum absolute atomic E-state index is 0.0105. The van der Waals surface area contributed by atoms with Crippen molar-refractivity contribution >= 4 is 68.6 Å². The predicted molar refractivity (Wildman–Crippen MR) is 227 cm³/mol. The van der Waals surface area contributed by atoms with Gasteiger partial charge in [-0.3, -0.25) is 9.59 Å². The molecule has 4 aromatic heterocycles. The molecule has 2 aliphatic rings. The van der Waals surface area contributed by atoms with Crippen LogP contribution < -0.4 is 0 Å². The van der Waals surface area contributed by atoms with E-state index in [9.17, 15) is 0 Å². The molecular formula is C44H56N2O2S4. The van der Waals surface area contributed by atoms with E-state index >= 15 is 9.59 Å². The van der Waals surface area contributed by atoms with Crippen molar-refractivity contribution in [3.05, 3.63) is 79.2 Å². The molecule has 278 valence electrons. The Balaban J connectivity index is 1.51. The zero-order valence-electron chi connectivity index (χ0n) is 32.0. The molecule has 0 fully saturated rings. The van der Waals surface area contributed by atoms with E-state index in [0.29, 0.717) is 36.1 Å². The molecule has 52 heavy (non-hydrogen) atoms. The van der Waals surface area contributed by atoms with Gasteiger partial charge in [-0.1, -0.05) is 79.1 Å². The number of amides is 2. The molecule has 6 heterocycles. The van der Waals surface area contributed by atoms with E-state index in [1.54, 1.807) is 45.3 Å². The first-order valence-corrected chi connectivity index (χ1v) is 23.1. The van der Waals surface area contributed by atoms with Gasteiger partial charge in [-0.25, -0.2) is 0 Å². The van der Waals surface area contributed by atoms with Gasteiger partial charge >= 0.3 is 0 Å². The van der Waals surface area contributed by atoms with E-state index in [2.05, 4.69) is 88.7 Å². The van der Waals surface area contributed by atoms with E-state index in [0.717, 1.165) is 98.2 Å². The Morgan fingerprint density at radius 1 is 0.519 bits per heavy atom. The maximum atomic E-state index is 15.2. The molecule has 0 unspecified atom stereocenters. The number of hydrogen-bond acceptors (Lipinski definition) is 6. The number of aryl methyl sites for hydroxylation is 2. The van der Waals surface area contributed by atoms with Crippen LogP contribution in [0.5, 0.6) is 0 Å². The molecule has 0 atom stereocenters. The zero-order valence-corrected chi connectivity index (χ0v) is 35.3. The molecule has 0 aromatic carbocycles. The second-order valence-electron chi connectivity index (χ2n) is 14.9. The zero-order chi connectivity index (χ0) is 36.8. The summed E-state index contributed by atoms with van der Waals surface area (Å²) in [6.45, 7) is 14.6. The van der Waals surface area contributed by atoms with E-state index in [-0.39, 0.29) is 11.8 Å². The van der Waals surface area contributed by atoms with E-state index < -0.39 is 0 Å². The van der Waals surface area contributed by atoms with Crippen molar-refractivity contribution in [3.63, 3.8) is 0 Å². The Bertz CT molecular complexity index is 1750. The number of fused-ring (bicyclic) bond motifs is 1. The Labute approximate surface area is 328 Å². The fraction of sp³-hybridized carbons (Fsp3) is 0.500. The summed E-state index contributed by atoms with van der Waals surface area (Å²) in [6.07, 6.45) is 13.6. The Kier molecular flexibility index (Phi) is 13.5. The minimum Gasteiger partial charge on any atom is -0.306 e. The van der Waals surface area contributed by atoms with E-state index in [4.69, 9.17) is 0 Å². The lowest BCUT2D eigenvalue weighted by Gasteiger charge is -2.29. The Morgan fingerprint density at radius 3 is 1.17 bits per heavy atom. The molecule has 0 saturated carbocycles.